The fourth-order valence-corrected chi connectivity index (χ4v) is 7.49. The lowest BCUT2D eigenvalue weighted by Gasteiger charge is -2.29. The Labute approximate surface area is 315 Å². The lowest BCUT2D eigenvalue weighted by Crippen LogP contribution is -2.37. The van der Waals surface area contributed by atoms with Crippen molar-refractivity contribution < 1.29 is 28.3 Å². The predicted molar refractivity (Wildman–Crippen MR) is 219 cm³/mol. The van der Waals surface area contributed by atoms with Gasteiger partial charge >= 0.3 is 8.60 Å². The molecule has 0 spiro atoms. The summed E-state index contributed by atoms with van der Waals surface area (Å²) in [5.41, 5.74) is -0.758. The number of aliphatic hydroxyl groups is 1. The van der Waals surface area contributed by atoms with Gasteiger partial charge in [-0.25, -0.2) is 0 Å². The number of hydrogen-bond donors (Lipinski definition) is 2. The molecule has 3 atom stereocenters. The number of hydrogen-bond acceptors (Lipinski definition) is 5. The highest BCUT2D eigenvalue weighted by molar-refractivity contribution is 7.40. The van der Waals surface area contributed by atoms with Crippen molar-refractivity contribution in [3.05, 3.63) is 0 Å². The van der Waals surface area contributed by atoms with Gasteiger partial charge in [0.25, 0.3) is 0 Å². The average molecular weight is 733 g/mol. The summed E-state index contributed by atoms with van der Waals surface area (Å²) in [5.74, 6) is 0.0300. The maximum absolute atomic E-state index is 11.3. The summed E-state index contributed by atoms with van der Waals surface area (Å²) in [5, 5.41) is 11.3. The van der Waals surface area contributed by atoms with Crippen LogP contribution >= 0.6 is 8.60 Å². The average Bonchev–Trinajstić information content (AvgIpc) is 3.06. The van der Waals surface area contributed by atoms with Crippen LogP contribution in [0.3, 0.4) is 0 Å². The quantitative estimate of drug-likeness (QED) is 0.0372. The summed E-state index contributed by atoms with van der Waals surface area (Å²) in [6.45, 7) is 9.46. The predicted octanol–water partition coefficient (Wildman–Crippen LogP) is 13.1. The van der Waals surface area contributed by atoms with Gasteiger partial charge in [-0.15, -0.1) is 0 Å². The summed E-state index contributed by atoms with van der Waals surface area (Å²) >= 11 is 0. The molecule has 6 nitrogen and oxygen atoms in total. The highest BCUT2D eigenvalue weighted by atomic mass is 31.2. The van der Waals surface area contributed by atoms with Crippen LogP contribution in [0.2, 0.25) is 0 Å². The smallest absolute Gasteiger partial charge is 0.330 e. The zero-order valence-electron chi connectivity index (χ0n) is 34.8. The lowest BCUT2D eigenvalue weighted by atomic mass is 9.88. The standard InChI is InChI=1S/C43H91NO5P/c1-7-9-11-13-15-17-19-21-23-25-27-29-31-33-35-43(3,45)39-42(41-49-50(46)48-38-36-44(4,5)6)40-47-37-34-32-30-28-26-24-22-20-18-16-14-12-10-8-2/h42,45-46H,7-41H2,1-6H3/q+1. The molecular formula is C43H91NO5P+. The number of nitrogens with zero attached hydrogens (tertiary/aromatic N) is 1. The third kappa shape index (κ3) is 39.4. The monoisotopic (exact) mass is 733 g/mol. The van der Waals surface area contributed by atoms with Gasteiger partial charge in [0, 0.05) is 12.5 Å². The summed E-state index contributed by atoms with van der Waals surface area (Å²) < 4.78 is 18.2. The summed E-state index contributed by atoms with van der Waals surface area (Å²) in [4.78, 5) is 10.4. The summed E-state index contributed by atoms with van der Waals surface area (Å²) in [7, 11) is 4.40. The van der Waals surface area contributed by atoms with Crippen molar-refractivity contribution in [3.63, 3.8) is 0 Å². The normalized spacial score (nSPS) is 14.6. The van der Waals surface area contributed by atoms with Crippen molar-refractivity contribution in [1.82, 2.24) is 0 Å². The van der Waals surface area contributed by atoms with Crippen molar-refractivity contribution in [2.45, 2.75) is 219 Å². The zero-order chi connectivity index (χ0) is 37.0. The second-order valence-corrected chi connectivity index (χ2v) is 18.0. The van der Waals surface area contributed by atoms with Crippen LogP contribution < -0.4 is 0 Å². The Morgan fingerprint density at radius 2 is 0.900 bits per heavy atom. The Kier molecular flexibility index (Phi) is 36.3. The van der Waals surface area contributed by atoms with Crippen LogP contribution in [-0.4, -0.2) is 74.2 Å². The number of unbranched alkanes of at least 4 members (excludes halogenated alkanes) is 26. The van der Waals surface area contributed by atoms with Crippen LogP contribution in [0.1, 0.15) is 213 Å². The minimum Gasteiger partial charge on any atom is -0.390 e. The molecule has 0 aliphatic heterocycles. The van der Waals surface area contributed by atoms with E-state index in [2.05, 4.69) is 35.0 Å². The van der Waals surface area contributed by atoms with Crippen LogP contribution in [0.15, 0.2) is 0 Å². The zero-order valence-corrected chi connectivity index (χ0v) is 35.7. The molecule has 302 valence electrons. The van der Waals surface area contributed by atoms with E-state index < -0.39 is 14.2 Å². The first-order chi connectivity index (χ1) is 24.1. The van der Waals surface area contributed by atoms with Crippen LogP contribution in [-0.2, 0) is 13.8 Å². The minimum atomic E-state index is -1.92. The first-order valence-corrected chi connectivity index (χ1v) is 23.1. The molecule has 0 saturated heterocycles. The molecule has 0 aromatic heterocycles. The molecule has 0 aliphatic carbocycles. The molecule has 0 radical (unpaired) electrons. The maximum Gasteiger partial charge on any atom is 0.330 e. The van der Waals surface area contributed by atoms with E-state index in [9.17, 15) is 10.00 Å². The van der Waals surface area contributed by atoms with Gasteiger partial charge in [0.05, 0.1) is 40.0 Å². The van der Waals surface area contributed by atoms with Crippen LogP contribution in [0, 0.1) is 5.92 Å². The third-order valence-corrected chi connectivity index (χ3v) is 11.0. The minimum absolute atomic E-state index is 0.0300. The number of rotatable bonds is 41. The van der Waals surface area contributed by atoms with E-state index in [0.29, 0.717) is 26.2 Å². The number of ether oxygens (including phenoxy) is 1. The number of likely N-dealkylation sites (N-methyl/N-ethyl adjacent to an activating group) is 1. The Bertz CT molecular complexity index is 674. The largest absolute Gasteiger partial charge is 0.390 e. The highest BCUT2D eigenvalue weighted by Gasteiger charge is 2.26. The van der Waals surface area contributed by atoms with E-state index in [4.69, 9.17) is 13.8 Å². The molecule has 0 saturated carbocycles. The third-order valence-electron chi connectivity index (χ3n) is 10.2. The van der Waals surface area contributed by atoms with Gasteiger partial charge in [-0.1, -0.05) is 187 Å². The Balaban J connectivity index is 4.22. The van der Waals surface area contributed by atoms with E-state index in [1.54, 1.807) is 0 Å². The lowest BCUT2D eigenvalue weighted by molar-refractivity contribution is -0.870. The van der Waals surface area contributed by atoms with Gasteiger partial charge in [-0.2, -0.15) is 0 Å². The molecule has 0 aromatic carbocycles. The van der Waals surface area contributed by atoms with Gasteiger partial charge in [-0.05, 0) is 26.2 Å². The fraction of sp³-hybridized carbons (Fsp3) is 1.00. The first kappa shape index (κ1) is 50.2. The fourth-order valence-electron chi connectivity index (χ4n) is 6.84. The molecule has 0 aromatic rings. The molecule has 0 bridgehead atoms. The Morgan fingerprint density at radius 1 is 0.520 bits per heavy atom. The molecule has 0 aliphatic rings. The van der Waals surface area contributed by atoms with Crippen molar-refractivity contribution in [2.75, 3.05) is 54.1 Å². The molecule has 3 unspecified atom stereocenters. The number of quaternary nitrogens is 1. The van der Waals surface area contributed by atoms with Crippen molar-refractivity contribution in [2.24, 2.45) is 5.92 Å². The molecule has 0 amide bonds. The second-order valence-electron chi connectivity index (χ2n) is 17.0. The molecule has 50 heavy (non-hydrogen) atoms. The van der Waals surface area contributed by atoms with Gasteiger partial charge in [0.15, 0.2) is 0 Å². The summed E-state index contributed by atoms with van der Waals surface area (Å²) in [6.07, 6.45) is 39.1. The molecule has 2 N–H and O–H groups in total. The van der Waals surface area contributed by atoms with Gasteiger partial charge in [0.2, 0.25) is 0 Å². The summed E-state index contributed by atoms with van der Waals surface area (Å²) in [6, 6.07) is 0. The van der Waals surface area contributed by atoms with Crippen molar-refractivity contribution in [1.29, 1.82) is 0 Å². The van der Waals surface area contributed by atoms with Crippen molar-refractivity contribution >= 4 is 8.60 Å². The van der Waals surface area contributed by atoms with E-state index >= 15 is 0 Å². The van der Waals surface area contributed by atoms with Gasteiger partial charge in [0.1, 0.15) is 13.2 Å². The molecule has 7 heteroatoms. The van der Waals surface area contributed by atoms with Crippen LogP contribution in [0.4, 0.5) is 0 Å². The van der Waals surface area contributed by atoms with Crippen molar-refractivity contribution in [3.8, 4) is 0 Å². The first-order valence-electron chi connectivity index (χ1n) is 21.9. The second kappa shape index (κ2) is 36.2. The molecular weight excluding hydrogens is 641 g/mol. The van der Waals surface area contributed by atoms with E-state index in [0.717, 1.165) is 36.9 Å². The van der Waals surface area contributed by atoms with Gasteiger partial charge < -0.3 is 28.3 Å². The molecule has 0 rings (SSSR count). The SMILES string of the molecule is CCCCCCCCCCCCCCCCOCC(COP(O)OCC[N+](C)(C)C)CC(C)(O)CCCCCCCCCCCCCCCC. The topological polar surface area (TPSA) is 68.2 Å². The Morgan fingerprint density at radius 3 is 1.30 bits per heavy atom. The molecule has 0 fully saturated rings. The van der Waals surface area contributed by atoms with Gasteiger partial charge in [-0.3, -0.25) is 0 Å². The highest BCUT2D eigenvalue weighted by Crippen LogP contribution is 2.35. The van der Waals surface area contributed by atoms with E-state index in [-0.39, 0.29) is 5.92 Å². The Hall–Kier alpha value is 0.190. The maximum atomic E-state index is 11.3. The van der Waals surface area contributed by atoms with Crippen LogP contribution in [0.5, 0.6) is 0 Å². The van der Waals surface area contributed by atoms with E-state index in [1.165, 1.54) is 167 Å². The van der Waals surface area contributed by atoms with Crippen LogP contribution in [0.25, 0.3) is 0 Å². The molecule has 0 heterocycles. The van der Waals surface area contributed by atoms with E-state index in [1.807, 2.05) is 6.92 Å².